The maximum absolute atomic E-state index is 11.5. The molecule has 0 unspecified atom stereocenters. The number of para-hydroxylation sites is 1. The van der Waals surface area contributed by atoms with E-state index >= 15 is 0 Å². The fourth-order valence-electron chi connectivity index (χ4n) is 1.92. The Balaban J connectivity index is 1.98. The molecule has 2 aromatic rings. The number of nitrogens with zero attached hydrogens (tertiary/aromatic N) is 1. The van der Waals surface area contributed by atoms with E-state index in [9.17, 15) is 4.79 Å². The molecular weight excluding hydrogens is 250 g/mol. The van der Waals surface area contributed by atoms with Crippen molar-refractivity contribution in [2.75, 3.05) is 7.05 Å². The number of hydrogen-bond donors (Lipinski definition) is 0. The molecule has 0 aliphatic carbocycles. The zero-order valence-corrected chi connectivity index (χ0v) is 11.9. The molecule has 20 heavy (non-hydrogen) atoms. The Labute approximate surface area is 119 Å². The predicted molar refractivity (Wildman–Crippen MR) is 79.7 cm³/mol. The lowest BCUT2D eigenvalue weighted by molar-refractivity contribution is -0.130. The lowest BCUT2D eigenvalue weighted by Gasteiger charge is -2.16. The summed E-state index contributed by atoms with van der Waals surface area (Å²) in [5, 5.41) is 0. The molecule has 0 atom stereocenters. The standard InChI is InChI=1S/C17H19NO2/c1-3-17(19)18(2)13-14-9-11-16(12-10-14)20-15-7-5-4-6-8-15/h4-12H,3,13H2,1-2H3. The molecular formula is C17H19NO2. The maximum atomic E-state index is 11.5. The topological polar surface area (TPSA) is 29.5 Å². The number of hydrogen-bond acceptors (Lipinski definition) is 2. The zero-order valence-electron chi connectivity index (χ0n) is 11.9. The van der Waals surface area contributed by atoms with Gasteiger partial charge in [0, 0.05) is 20.0 Å². The summed E-state index contributed by atoms with van der Waals surface area (Å²) in [5.74, 6) is 1.76. The van der Waals surface area contributed by atoms with Crippen LogP contribution in [0.1, 0.15) is 18.9 Å². The van der Waals surface area contributed by atoms with Crippen LogP contribution in [0.4, 0.5) is 0 Å². The van der Waals surface area contributed by atoms with Crippen LogP contribution in [0.15, 0.2) is 54.6 Å². The van der Waals surface area contributed by atoms with Gasteiger partial charge in [0.2, 0.25) is 5.91 Å². The van der Waals surface area contributed by atoms with Crippen LogP contribution in [-0.4, -0.2) is 17.9 Å². The van der Waals surface area contributed by atoms with Crippen LogP contribution in [0.3, 0.4) is 0 Å². The fourth-order valence-corrected chi connectivity index (χ4v) is 1.92. The van der Waals surface area contributed by atoms with Crippen molar-refractivity contribution >= 4 is 5.91 Å². The largest absolute Gasteiger partial charge is 0.457 e. The molecule has 0 spiro atoms. The number of amides is 1. The van der Waals surface area contributed by atoms with Gasteiger partial charge in [-0.25, -0.2) is 0 Å². The first kappa shape index (κ1) is 14.1. The monoisotopic (exact) mass is 269 g/mol. The molecule has 0 N–H and O–H groups in total. The highest BCUT2D eigenvalue weighted by molar-refractivity contribution is 5.75. The van der Waals surface area contributed by atoms with Crippen molar-refractivity contribution in [3.05, 3.63) is 60.2 Å². The van der Waals surface area contributed by atoms with Crippen molar-refractivity contribution in [1.29, 1.82) is 0 Å². The van der Waals surface area contributed by atoms with Crippen LogP contribution in [0.2, 0.25) is 0 Å². The van der Waals surface area contributed by atoms with Gasteiger partial charge in [-0.3, -0.25) is 4.79 Å². The van der Waals surface area contributed by atoms with Gasteiger partial charge >= 0.3 is 0 Å². The lowest BCUT2D eigenvalue weighted by atomic mass is 10.2. The minimum atomic E-state index is 0.148. The molecule has 0 aliphatic rings. The van der Waals surface area contributed by atoms with E-state index in [-0.39, 0.29) is 5.91 Å². The summed E-state index contributed by atoms with van der Waals surface area (Å²) >= 11 is 0. The third kappa shape index (κ3) is 3.85. The van der Waals surface area contributed by atoms with E-state index in [2.05, 4.69) is 0 Å². The summed E-state index contributed by atoms with van der Waals surface area (Å²) in [6.45, 7) is 2.49. The number of rotatable bonds is 5. The molecule has 2 aromatic carbocycles. The van der Waals surface area contributed by atoms with Gasteiger partial charge < -0.3 is 9.64 Å². The molecule has 104 valence electrons. The predicted octanol–water partition coefficient (Wildman–Crippen LogP) is 3.85. The highest BCUT2D eigenvalue weighted by Gasteiger charge is 2.06. The second-order valence-corrected chi connectivity index (χ2v) is 4.66. The van der Waals surface area contributed by atoms with Crippen molar-refractivity contribution in [3.63, 3.8) is 0 Å². The smallest absolute Gasteiger partial charge is 0.222 e. The first-order chi connectivity index (χ1) is 9.69. The van der Waals surface area contributed by atoms with E-state index in [1.807, 2.05) is 68.6 Å². The number of benzene rings is 2. The minimum absolute atomic E-state index is 0.148. The number of ether oxygens (including phenoxy) is 1. The van der Waals surface area contributed by atoms with Gasteiger partial charge in [0.15, 0.2) is 0 Å². The van der Waals surface area contributed by atoms with Crippen molar-refractivity contribution in [2.24, 2.45) is 0 Å². The Hall–Kier alpha value is -2.29. The molecule has 0 aromatic heterocycles. The molecule has 2 rings (SSSR count). The van der Waals surface area contributed by atoms with E-state index in [4.69, 9.17) is 4.74 Å². The Morgan fingerprint density at radius 1 is 1.00 bits per heavy atom. The number of carbonyl (C=O) groups is 1. The Kier molecular flexibility index (Phi) is 4.77. The summed E-state index contributed by atoms with van der Waals surface area (Å²) in [6, 6.07) is 17.5. The molecule has 0 aliphatic heterocycles. The molecule has 0 saturated heterocycles. The van der Waals surface area contributed by atoms with E-state index in [0.717, 1.165) is 17.1 Å². The molecule has 0 heterocycles. The normalized spacial score (nSPS) is 10.1. The van der Waals surface area contributed by atoms with Gasteiger partial charge in [0.05, 0.1) is 0 Å². The van der Waals surface area contributed by atoms with Gasteiger partial charge in [0.25, 0.3) is 0 Å². The van der Waals surface area contributed by atoms with Gasteiger partial charge in [-0.05, 0) is 29.8 Å². The Bertz CT molecular complexity index is 549. The van der Waals surface area contributed by atoms with Crippen molar-refractivity contribution in [1.82, 2.24) is 4.90 Å². The van der Waals surface area contributed by atoms with Gasteiger partial charge in [0.1, 0.15) is 11.5 Å². The summed E-state index contributed by atoms with van der Waals surface area (Å²) in [6.07, 6.45) is 0.533. The van der Waals surface area contributed by atoms with Crippen LogP contribution >= 0.6 is 0 Å². The summed E-state index contributed by atoms with van der Waals surface area (Å²) in [4.78, 5) is 13.3. The van der Waals surface area contributed by atoms with Crippen LogP contribution in [-0.2, 0) is 11.3 Å². The molecule has 0 bridgehead atoms. The average Bonchev–Trinajstić information content (AvgIpc) is 2.49. The zero-order chi connectivity index (χ0) is 14.4. The second kappa shape index (κ2) is 6.75. The molecule has 0 radical (unpaired) electrons. The third-order valence-corrected chi connectivity index (χ3v) is 3.05. The number of carbonyl (C=O) groups excluding carboxylic acids is 1. The van der Waals surface area contributed by atoms with Crippen molar-refractivity contribution < 1.29 is 9.53 Å². The van der Waals surface area contributed by atoms with E-state index in [0.29, 0.717) is 13.0 Å². The first-order valence-corrected chi connectivity index (χ1v) is 6.75. The molecule has 3 nitrogen and oxygen atoms in total. The summed E-state index contributed by atoms with van der Waals surface area (Å²) in [5.41, 5.74) is 1.09. The molecule has 0 saturated carbocycles. The van der Waals surface area contributed by atoms with E-state index in [1.54, 1.807) is 4.90 Å². The summed E-state index contributed by atoms with van der Waals surface area (Å²) in [7, 11) is 1.82. The molecule has 1 amide bonds. The molecule has 3 heteroatoms. The Morgan fingerprint density at radius 3 is 2.20 bits per heavy atom. The second-order valence-electron chi connectivity index (χ2n) is 4.66. The molecule has 0 fully saturated rings. The van der Waals surface area contributed by atoms with Crippen molar-refractivity contribution in [3.8, 4) is 11.5 Å². The SMILES string of the molecule is CCC(=O)N(C)Cc1ccc(Oc2ccccc2)cc1. The fraction of sp³-hybridized carbons (Fsp3) is 0.235. The van der Waals surface area contributed by atoms with Gasteiger partial charge in [-0.1, -0.05) is 37.3 Å². The summed E-state index contributed by atoms with van der Waals surface area (Å²) < 4.78 is 5.73. The first-order valence-electron chi connectivity index (χ1n) is 6.75. The van der Waals surface area contributed by atoms with E-state index < -0.39 is 0 Å². The highest BCUT2D eigenvalue weighted by Crippen LogP contribution is 2.21. The van der Waals surface area contributed by atoms with E-state index in [1.165, 1.54) is 0 Å². The van der Waals surface area contributed by atoms with Gasteiger partial charge in [-0.2, -0.15) is 0 Å². The highest BCUT2D eigenvalue weighted by atomic mass is 16.5. The Morgan fingerprint density at radius 2 is 1.60 bits per heavy atom. The lowest BCUT2D eigenvalue weighted by Crippen LogP contribution is -2.24. The third-order valence-electron chi connectivity index (χ3n) is 3.05. The minimum Gasteiger partial charge on any atom is -0.457 e. The van der Waals surface area contributed by atoms with Crippen LogP contribution < -0.4 is 4.74 Å². The van der Waals surface area contributed by atoms with Crippen LogP contribution in [0.25, 0.3) is 0 Å². The average molecular weight is 269 g/mol. The van der Waals surface area contributed by atoms with Crippen LogP contribution in [0, 0.1) is 0 Å². The quantitative estimate of drug-likeness (QED) is 0.825. The van der Waals surface area contributed by atoms with Crippen LogP contribution in [0.5, 0.6) is 11.5 Å². The van der Waals surface area contributed by atoms with Gasteiger partial charge in [-0.15, -0.1) is 0 Å². The maximum Gasteiger partial charge on any atom is 0.222 e. The van der Waals surface area contributed by atoms with Crippen molar-refractivity contribution in [2.45, 2.75) is 19.9 Å².